The van der Waals surface area contributed by atoms with Crippen LogP contribution in [0.5, 0.6) is 0 Å². The molecule has 0 fully saturated rings. The second kappa shape index (κ2) is 5.13. The lowest BCUT2D eigenvalue weighted by atomic mass is 10.2. The van der Waals surface area contributed by atoms with E-state index in [1.165, 1.54) is 12.2 Å². The zero-order chi connectivity index (χ0) is 10.8. The van der Waals surface area contributed by atoms with Crippen molar-refractivity contribution in [2.24, 2.45) is 5.92 Å². The monoisotopic (exact) mass is 246 g/mol. The topological polar surface area (TPSA) is 0 Å². The Kier molecular flexibility index (Phi) is 4.66. The second-order valence-electron chi connectivity index (χ2n) is 5.33. The van der Waals surface area contributed by atoms with Gasteiger partial charge in [-0.1, -0.05) is 39.6 Å². The lowest BCUT2D eigenvalue weighted by Crippen LogP contribution is -2.25. The van der Waals surface area contributed by atoms with E-state index in [4.69, 9.17) is 0 Å². The third-order valence-corrected chi connectivity index (χ3v) is 8.58. The fourth-order valence-corrected chi connectivity index (χ4v) is 7.27. The Hall–Kier alpha value is 0.657. The van der Waals surface area contributed by atoms with Gasteiger partial charge >= 0.3 is 0 Å². The van der Waals surface area contributed by atoms with Crippen LogP contribution in [0.2, 0.25) is 19.6 Å². The molecule has 0 spiro atoms. The summed E-state index contributed by atoms with van der Waals surface area (Å²) in [6, 6.07) is 0. The van der Waals surface area contributed by atoms with Crippen molar-refractivity contribution in [2.45, 2.75) is 44.5 Å². The SMILES string of the molecule is CC(C)CC1SCC=C([Si](C)(C)C)S1. The van der Waals surface area contributed by atoms with E-state index in [-0.39, 0.29) is 0 Å². The largest absolute Gasteiger partial charge is 0.143 e. The highest BCUT2D eigenvalue weighted by molar-refractivity contribution is 8.20. The van der Waals surface area contributed by atoms with Gasteiger partial charge in [0.1, 0.15) is 0 Å². The van der Waals surface area contributed by atoms with E-state index in [0.717, 1.165) is 10.5 Å². The van der Waals surface area contributed by atoms with Crippen molar-refractivity contribution >= 4 is 31.6 Å². The van der Waals surface area contributed by atoms with E-state index in [1.54, 1.807) is 4.53 Å². The van der Waals surface area contributed by atoms with Crippen LogP contribution in [0.1, 0.15) is 20.3 Å². The van der Waals surface area contributed by atoms with Crippen LogP contribution in [0, 0.1) is 5.92 Å². The lowest BCUT2D eigenvalue weighted by Gasteiger charge is -2.29. The Morgan fingerprint density at radius 2 is 2.07 bits per heavy atom. The van der Waals surface area contributed by atoms with Gasteiger partial charge in [0.25, 0.3) is 0 Å². The van der Waals surface area contributed by atoms with Crippen LogP contribution in [0.25, 0.3) is 0 Å². The number of hydrogen-bond acceptors (Lipinski definition) is 2. The molecule has 0 N–H and O–H groups in total. The average Bonchev–Trinajstić information content (AvgIpc) is 2.01. The maximum Gasteiger partial charge on any atom is 0.0854 e. The van der Waals surface area contributed by atoms with E-state index in [9.17, 15) is 0 Å². The fourth-order valence-electron chi connectivity index (χ4n) is 1.44. The first-order chi connectivity index (χ1) is 6.39. The van der Waals surface area contributed by atoms with Crippen molar-refractivity contribution in [1.29, 1.82) is 0 Å². The molecular formula is C11H22S2Si. The zero-order valence-corrected chi connectivity index (χ0v) is 12.6. The van der Waals surface area contributed by atoms with Gasteiger partial charge in [-0.05, 0) is 16.9 Å². The number of hydrogen-bond donors (Lipinski definition) is 0. The van der Waals surface area contributed by atoms with Gasteiger partial charge in [-0.3, -0.25) is 0 Å². The minimum Gasteiger partial charge on any atom is -0.143 e. The quantitative estimate of drug-likeness (QED) is 0.668. The van der Waals surface area contributed by atoms with Gasteiger partial charge < -0.3 is 0 Å². The third-order valence-electron chi connectivity index (χ3n) is 2.21. The highest BCUT2D eigenvalue weighted by atomic mass is 32.2. The molecule has 0 aliphatic carbocycles. The summed E-state index contributed by atoms with van der Waals surface area (Å²) in [5, 5.41) is 0. The number of rotatable bonds is 3. The van der Waals surface area contributed by atoms with Crippen LogP contribution >= 0.6 is 23.5 Å². The molecule has 1 rings (SSSR count). The molecule has 3 heteroatoms. The summed E-state index contributed by atoms with van der Waals surface area (Å²) in [7, 11) is -1.04. The van der Waals surface area contributed by atoms with Crippen molar-refractivity contribution in [3.05, 3.63) is 10.6 Å². The highest BCUT2D eigenvalue weighted by Gasteiger charge is 2.26. The lowest BCUT2D eigenvalue weighted by molar-refractivity contribution is 0.620. The predicted molar refractivity (Wildman–Crippen MR) is 74.7 cm³/mol. The average molecular weight is 247 g/mol. The summed E-state index contributed by atoms with van der Waals surface area (Å²) >= 11 is 4.27. The second-order valence-corrected chi connectivity index (χ2v) is 13.5. The summed E-state index contributed by atoms with van der Waals surface area (Å²) in [4.78, 5) is 0. The van der Waals surface area contributed by atoms with Crippen molar-refractivity contribution in [1.82, 2.24) is 0 Å². The Labute approximate surface area is 98.3 Å². The first-order valence-electron chi connectivity index (χ1n) is 5.38. The Morgan fingerprint density at radius 1 is 1.43 bits per heavy atom. The van der Waals surface area contributed by atoms with Gasteiger partial charge in [0.15, 0.2) is 0 Å². The number of thioether (sulfide) groups is 2. The minimum absolute atomic E-state index is 0.821. The van der Waals surface area contributed by atoms with Gasteiger partial charge in [0, 0.05) is 5.75 Å². The first-order valence-corrected chi connectivity index (χ1v) is 10.8. The summed E-state index contributed by atoms with van der Waals surface area (Å²) in [5.74, 6) is 2.07. The molecule has 0 bridgehead atoms. The molecule has 82 valence electrons. The standard InChI is InChI=1S/C11H22S2Si/c1-9(2)8-10-12-7-6-11(13-10)14(3,4)5/h6,9-10H,7-8H2,1-5H3. The van der Waals surface area contributed by atoms with Gasteiger partial charge in [-0.2, -0.15) is 0 Å². The third kappa shape index (κ3) is 4.03. The molecule has 0 aromatic rings. The predicted octanol–water partition coefficient (Wildman–Crippen LogP) is 4.60. The van der Waals surface area contributed by atoms with Gasteiger partial charge in [-0.15, -0.1) is 23.5 Å². The van der Waals surface area contributed by atoms with Crippen LogP contribution in [0.15, 0.2) is 10.6 Å². The van der Waals surface area contributed by atoms with Crippen molar-refractivity contribution < 1.29 is 0 Å². The van der Waals surface area contributed by atoms with Crippen LogP contribution in [-0.2, 0) is 0 Å². The minimum atomic E-state index is -1.04. The van der Waals surface area contributed by atoms with Crippen LogP contribution in [-0.4, -0.2) is 18.4 Å². The molecule has 1 unspecified atom stereocenters. The maximum absolute atomic E-state index is 2.47. The molecule has 0 amide bonds. The molecule has 0 saturated heterocycles. The normalized spacial score (nSPS) is 23.9. The molecule has 14 heavy (non-hydrogen) atoms. The van der Waals surface area contributed by atoms with E-state index < -0.39 is 8.07 Å². The summed E-state index contributed by atoms with van der Waals surface area (Å²) < 4.78 is 2.55. The van der Waals surface area contributed by atoms with E-state index >= 15 is 0 Å². The molecule has 0 saturated carbocycles. The van der Waals surface area contributed by atoms with Gasteiger partial charge in [0.2, 0.25) is 0 Å². The van der Waals surface area contributed by atoms with Crippen molar-refractivity contribution in [2.75, 3.05) is 5.75 Å². The summed E-state index contributed by atoms with van der Waals surface area (Å²) in [5.41, 5.74) is 0. The molecule has 1 heterocycles. The molecule has 0 aromatic heterocycles. The molecular weight excluding hydrogens is 224 g/mol. The first kappa shape index (κ1) is 12.7. The van der Waals surface area contributed by atoms with E-state index in [1.807, 2.05) is 0 Å². The van der Waals surface area contributed by atoms with E-state index in [2.05, 4.69) is 63.1 Å². The van der Waals surface area contributed by atoms with Crippen molar-refractivity contribution in [3.8, 4) is 0 Å². The van der Waals surface area contributed by atoms with Gasteiger partial charge in [0.05, 0.1) is 12.7 Å². The van der Waals surface area contributed by atoms with Crippen molar-refractivity contribution in [3.63, 3.8) is 0 Å². The molecule has 0 aromatic carbocycles. The molecule has 0 radical (unpaired) electrons. The summed E-state index contributed by atoms with van der Waals surface area (Å²) in [6.45, 7) is 12.0. The fraction of sp³-hybridized carbons (Fsp3) is 0.818. The van der Waals surface area contributed by atoms with Gasteiger partial charge in [-0.25, -0.2) is 0 Å². The molecule has 1 atom stereocenters. The maximum atomic E-state index is 2.47. The highest BCUT2D eigenvalue weighted by Crippen LogP contribution is 2.42. The Balaban J connectivity index is 2.54. The smallest absolute Gasteiger partial charge is 0.0854 e. The Bertz CT molecular complexity index is 216. The Morgan fingerprint density at radius 3 is 2.57 bits per heavy atom. The zero-order valence-electron chi connectivity index (χ0n) is 9.96. The molecule has 0 nitrogen and oxygen atoms in total. The van der Waals surface area contributed by atoms with Crippen LogP contribution < -0.4 is 0 Å². The van der Waals surface area contributed by atoms with Crippen LogP contribution in [0.4, 0.5) is 0 Å². The summed E-state index contributed by atoms with van der Waals surface area (Å²) in [6.07, 6.45) is 3.83. The molecule has 1 aliphatic heterocycles. The van der Waals surface area contributed by atoms with E-state index in [0.29, 0.717) is 0 Å². The molecule has 1 aliphatic rings. The van der Waals surface area contributed by atoms with Crippen LogP contribution in [0.3, 0.4) is 0 Å².